The van der Waals surface area contributed by atoms with Crippen LogP contribution in [0.25, 0.3) is 5.57 Å². The van der Waals surface area contributed by atoms with E-state index in [1.807, 2.05) is 31.3 Å². The van der Waals surface area contributed by atoms with E-state index in [0.29, 0.717) is 0 Å². The van der Waals surface area contributed by atoms with Crippen LogP contribution in [0.5, 0.6) is 0 Å². The maximum atomic E-state index is 4.42. The number of allylic oxidation sites excluding steroid dienone is 2. The van der Waals surface area contributed by atoms with E-state index in [0.717, 1.165) is 16.0 Å². The number of nitrogens with zero attached hydrogens (tertiary/aromatic N) is 1. The average Bonchev–Trinajstić information content (AvgIpc) is 2.25. The molecule has 0 bridgehead atoms. The largest absolute Gasteiger partial charge is 0.265 e. The van der Waals surface area contributed by atoms with Crippen LogP contribution < -0.4 is 0 Å². The summed E-state index contributed by atoms with van der Waals surface area (Å²) in [5.41, 5.74) is 3.46. The fraction of sp³-hybridized carbons (Fsp3) is 0.154. The fourth-order valence-corrected chi connectivity index (χ4v) is 1.59. The molecule has 0 unspecified atom stereocenters. The van der Waals surface area contributed by atoms with Crippen molar-refractivity contribution in [2.75, 3.05) is 0 Å². The van der Waals surface area contributed by atoms with E-state index in [9.17, 15) is 0 Å². The molecule has 0 fully saturated rings. The number of aliphatic imine (C=N–C) groups is 1. The number of rotatable bonds is 3. The molecule has 0 spiro atoms. The maximum Gasteiger partial charge on any atom is 0.0299 e. The van der Waals surface area contributed by atoms with Gasteiger partial charge in [-0.3, -0.25) is 4.99 Å². The lowest BCUT2D eigenvalue weighted by Gasteiger charge is -2.06. The zero-order valence-corrected chi connectivity index (χ0v) is 9.96. The summed E-state index contributed by atoms with van der Waals surface area (Å²) in [6.07, 6.45) is 3.34. The second-order valence-electron chi connectivity index (χ2n) is 3.29. The first-order chi connectivity index (χ1) is 7.16. The summed E-state index contributed by atoms with van der Waals surface area (Å²) in [6.45, 7) is 7.65. The van der Waals surface area contributed by atoms with Crippen LogP contribution in [0.4, 0.5) is 0 Å². The Morgan fingerprint density at radius 1 is 1.33 bits per heavy atom. The highest BCUT2D eigenvalue weighted by Crippen LogP contribution is 2.23. The van der Waals surface area contributed by atoms with Crippen LogP contribution in [0, 0.1) is 0 Å². The van der Waals surface area contributed by atoms with Gasteiger partial charge in [-0.05, 0) is 36.6 Å². The molecule has 0 aliphatic carbocycles. The molecule has 15 heavy (non-hydrogen) atoms. The predicted molar refractivity (Wildman–Crippen MR) is 70.7 cm³/mol. The summed E-state index contributed by atoms with van der Waals surface area (Å²) in [5.74, 6) is 0. The number of hydrogen-bond donors (Lipinski definition) is 1. The van der Waals surface area contributed by atoms with Crippen LogP contribution in [0.15, 0.2) is 52.5 Å². The zero-order chi connectivity index (χ0) is 11.3. The molecule has 0 heterocycles. The highest BCUT2D eigenvalue weighted by molar-refractivity contribution is 7.80. The van der Waals surface area contributed by atoms with Gasteiger partial charge in [0.25, 0.3) is 0 Å². The first-order valence-electron chi connectivity index (χ1n) is 4.76. The molecule has 0 aliphatic rings. The van der Waals surface area contributed by atoms with Crippen molar-refractivity contribution < 1.29 is 0 Å². The molecule has 1 aromatic carbocycles. The molecule has 1 rings (SSSR count). The Morgan fingerprint density at radius 3 is 2.60 bits per heavy atom. The molecule has 2 heteroatoms. The molecule has 0 aliphatic heterocycles. The molecule has 0 atom stereocenters. The van der Waals surface area contributed by atoms with Crippen molar-refractivity contribution in [3.8, 4) is 0 Å². The summed E-state index contributed by atoms with van der Waals surface area (Å²) >= 11 is 4.42. The molecular weight excluding hydrogens is 202 g/mol. The summed E-state index contributed by atoms with van der Waals surface area (Å²) in [7, 11) is 0. The fourth-order valence-electron chi connectivity index (χ4n) is 1.26. The monoisotopic (exact) mass is 217 g/mol. The van der Waals surface area contributed by atoms with Gasteiger partial charge in [0.1, 0.15) is 0 Å². The third-order valence-corrected chi connectivity index (χ3v) is 2.66. The van der Waals surface area contributed by atoms with Crippen LogP contribution in [0.1, 0.15) is 19.4 Å². The molecule has 1 nitrogen and oxygen atoms in total. The maximum absolute atomic E-state index is 4.42. The molecule has 1 aromatic rings. The van der Waals surface area contributed by atoms with E-state index in [2.05, 4.69) is 37.2 Å². The van der Waals surface area contributed by atoms with Crippen LogP contribution in [-0.4, -0.2) is 6.21 Å². The lowest BCUT2D eigenvalue weighted by molar-refractivity contribution is 1.37. The van der Waals surface area contributed by atoms with Crippen molar-refractivity contribution in [2.45, 2.75) is 18.7 Å². The number of benzene rings is 1. The highest BCUT2D eigenvalue weighted by Gasteiger charge is 2.01. The topological polar surface area (TPSA) is 12.4 Å². The van der Waals surface area contributed by atoms with Crippen LogP contribution in [0.2, 0.25) is 0 Å². The molecule has 0 N–H and O–H groups in total. The van der Waals surface area contributed by atoms with E-state index < -0.39 is 0 Å². The first-order valence-corrected chi connectivity index (χ1v) is 5.21. The standard InChI is InChI=1S/C13H15NS/c1-4-14-9-10(2)11(3)12-7-5-6-8-13(12)15/h4-9,15H,1H2,2-3H3/b11-10+,14-9?. The Bertz CT molecular complexity index is 416. The predicted octanol–water partition coefficient (Wildman–Crippen LogP) is 3.98. The Labute approximate surface area is 96.7 Å². The van der Waals surface area contributed by atoms with Gasteiger partial charge in [0.05, 0.1) is 0 Å². The SMILES string of the molecule is C=CN=C/C(C)=C(\C)c1ccccc1S. The second kappa shape index (κ2) is 5.56. The van der Waals surface area contributed by atoms with Gasteiger partial charge in [-0.1, -0.05) is 24.8 Å². The number of hydrogen-bond acceptors (Lipinski definition) is 2. The Hall–Kier alpha value is -1.28. The molecule has 0 saturated carbocycles. The van der Waals surface area contributed by atoms with Gasteiger partial charge in [-0.2, -0.15) is 0 Å². The minimum atomic E-state index is 0.987. The minimum absolute atomic E-state index is 0.987. The van der Waals surface area contributed by atoms with Crippen molar-refractivity contribution >= 4 is 24.4 Å². The molecule has 0 amide bonds. The van der Waals surface area contributed by atoms with Crippen LogP contribution >= 0.6 is 12.6 Å². The van der Waals surface area contributed by atoms with Gasteiger partial charge in [0.15, 0.2) is 0 Å². The van der Waals surface area contributed by atoms with Gasteiger partial charge >= 0.3 is 0 Å². The van der Waals surface area contributed by atoms with E-state index in [-0.39, 0.29) is 0 Å². The van der Waals surface area contributed by atoms with Gasteiger partial charge < -0.3 is 0 Å². The summed E-state index contributed by atoms with van der Waals surface area (Å²) in [4.78, 5) is 4.99. The van der Waals surface area contributed by atoms with Crippen molar-refractivity contribution in [1.29, 1.82) is 0 Å². The lowest BCUT2D eigenvalue weighted by atomic mass is 10.0. The first kappa shape index (κ1) is 11.8. The molecule has 0 radical (unpaired) electrons. The van der Waals surface area contributed by atoms with E-state index in [1.54, 1.807) is 0 Å². The van der Waals surface area contributed by atoms with E-state index >= 15 is 0 Å². The van der Waals surface area contributed by atoms with Crippen molar-refractivity contribution in [2.24, 2.45) is 4.99 Å². The lowest BCUT2D eigenvalue weighted by Crippen LogP contribution is -1.88. The minimum Gasteiger partial charge on any atom is -0.265 e. The number of thiol groups is 1. The highest BCUT2D eigenvalue weighted by atomic mass is 32.1. The summed E-state index contributed by atoms with van der Waals surface area (Å²) in [5, 5.41) is 0. The Morgan fingerprint density at radius 2 is 2.00 bits per heavy atom. The Balaban J connectivity index is 3.13. The van der Waals surface area contributed by atoms with Gasteiger partial charge in [-0.15, -0.1) is 12.6 Å². The van der Waals surface area contributed by atoms with E-state index in [4.69, 9.17) is 0 Å². The quantitative estimate of drug-likeness (QED) is 0.581. The van der Waals surface area contributed by atoms with Gasteiger partial charge in [-0.25, -0.2) is 0 Å². The second-order valence-corrected chi connectivity index (χ2v) is 3.77. The molecule has 0 aromatic heterocycles. The molecular formula is C13H15NS. The van der Waals surface area contributed by atoms with Crippen molar-refractivity contribution in [3.05, 3.63) is 48.2 Å². The van der Waals surface area contributed by atoms with Gasteiger partial charge in [0, 0.05) is 17.3 Å². The normalized spacial score (nSPS) is 12.7. The van der Waals surface area contributed by atoms with Crippen molar-refractivity contribution in [3.63, 3.8) is 0 Å². The summed E-state index contributed by atoms with van der Waals surface area (Å²) < 4.78 is 0. The average molecular weight is 217 g/mol. The van der Waals surface area contributed by atoms with Crippen molar-refractivity contribution in [1.82, 2.24) is 0 Å². The zero-order valence-electron chi connectivity index (χ0n) is 9.07. The Kier molecular flexibility index (Phi) is 4.37. The van der Waals surface area contributed by atoms with Crippen LogP contribution in [-0.2, 0) is 0 Å². The third kappa shape index (κ3) is 3.10. The summed E-state index contributed by atoms with van der Waals surface area (Å²) in [6, 6.07) is 8.03. The molecule has 0 saturated heterocycles. The van der Waals surface area contributed by atoms with E-state index in [1.165, 1.54) is 11.8 Å². The van der Waals surface area contributed by atoms with Gasteiger partial charge in [0.2, 0.25) is 0 Å². The molecule has 78 valence electrons. The third-order valence-electron chi connectivity index (χ3n) is 2.27. The van der Waals surface area contributed by atoms with Crippen LogP contribution in [0.3, 0.4) is 0 Å². The smallest absolute Gasteiger partial charge is 0.0299 e.